The second kappa shape index (κ2) is 9.24. The molecule has 3 aliphatic rings. The number of fused-ring (bicyclic) bond motifs is 1. The minimum Gasteiger partial charge on any atom is -0.368 e. The molecule has 4 heterocycles. The van der Waals surface area contributed by atoms with E-state index in [1.165, 1.54) is 12.0 Å². The average Bonchev–Trinajstić information content (AvgIpc) is 3.42. The van der Waals surface area contributed by atoms with Gasteiger partial charge in [-0.1, -0.05) is 0 Å². The second-order valence-electron chi connectivity index (χ2n) is 7.68. The number of thiophene rings is 1. The first-order chi connectivity index (χ1) is 13.7. The first kappa shape index (κ1) is 19.7. The van der Waals surface area contributed by atoms with E-state index in [4.69, 9.17) is 4.74 Å². The van der Waals surface area contributed by atoms with E-state index < -0.39 is 0 Å². The Morgan fingerprint density at radius 3 is 2.86 bits per heavy atom. The molecule has 1 atom stereocenters. The van der Waals surface area contributed by atoms with Gasteiger partial charge in [-0.05, 0) is 36.3 Å². The zero-order valence-corrected chi connectivity index (χ0v) is 17.5. The lowest BCUT2D eigenvalue weighted by Gasteiger charge is -2.37. The van der Waals surface area contributed by atoms with Gasteiger partial charge >= 0.3 is 0 Å². The number of carbonyl (C=O) groups excluding carboxylic acids is 1. The van der Waals surface area contributed by atoms with Crippen molar-refractivity contribution in [3.05, 3.63) is 21.9 Å². The molecule has 0 saturated carbocycles. The molecule has 3 aliphatic heterocycles. The predicted octanol–water partition coefficient (Wildman–Crippen LogP) is 1.00. The third-order valence-corrected chi connectivity index (χ3v) is 6.93. The van der Waals surface area contributed by atoms with Gasteiger partial charge in [0.2, 0.25) is 0 Å². The van der Waals surface area contributed by atoms with Gasteiger partial charge in [-0.2, -0.15) is 0 Å². The van der Waals surface area contributed by atoms with Gasteiger partial charge < -0.3 is 19.9 Å². The van der Waals surface area contributed by atoms with Crippen LogP contribution in [0.15, 0.2) is 16.4 Å². The summed E-state index contributed by atoms with van der Waals surface area (Å²) in [4.78, 5) is 25.2. The number of ether oxygens (including phenoxy) is 1. The van der Waals surface area contributed by atoms with E-state index >= 15 is 0 Å². The summed E-state index contributed by atoms with van der Waals surface area (Å²) < 4.78 is 5.55. The summed E-state index contributed by atoms with van der Waals surface area (Å²) >= 11 is 1.88. The Bertz CT molecular complexity index is 693. The van der Waals surface area contributed by atoms with Crippen molar-refractivity contribution in [3.63, 3.8) is 0 Å². The van der Waals surface area contributed by atoms with Crippen molar-refractivity contribution in [2.24, 2.45) is 4.99 Å². The molecule has 2 saturated heterocycles. The molecular formula is C20H31N5O2S. The lowest BCUT2D eigenvalue weighted by molar-refractivity contribution is -0.142. The molecule has 1 aromatic heterocycles. The second-order valence-corrected chi connectivity index (χ2v) is 8.68. The fourth-order valence-corrected chi connectivity index (χ4v) is 5.16. The number of amides is 1. The van der Waals surface area contributed by atoms with Crippen molar-refractivity contribution in [3.8, 4) is 0 Å². The monoisotopic (exact) mass is 405 g/mol. The van der Waals surface area contributed by atoms with E-state index in [2.05, 4.69) is 31.6 Å². The highest BCUT2D eigenvalue weighted by Gasteiger charge is 2.30. The highest BCUT2D eigenvalue weighted by molar-refractivity contribution is 7.10. The highest BCUT2D eigenvalue weighted by Crippen LogP contribution is 2.23. The van der Waals surface area contributed by atoms with Crippen LogP contribution >= 0.6 is 11.3 Å². The zero-order valence-electron chi connectivity index (χ0n) is 16.7. The van der Waals surface area contributed by atoms with Crippen LogP contribution in [0.1, 0.15) is 23.3 Å². The molecule has 1 N–H and O–H groups in total. The van der Waals surface area contributed by atoms with Crippen LogP contribution in [0.25, 0.3) is 0 Å². The summed E-state index contributed by atoms with van der Waals surface area (Å²) in [5.74, 6) is 1.11. The molecule has 8 heteroatoms. The molecule has 0 spiro atoms. The molecule has 1 aromatic rings. The number of carbonyl (C=O) groups is 1. The Morgan fingerprint density at radius 2 is 2.11 bits per heavy atom. The molecule has 0 bridgehead atoms. The summed E-state index contributed by atoms with van der Waals surface area (Å²) in [7, 11) is 1.84. The standard InChI is InChI=1S/C20H31N5O2S/c1-21-20(22-6-8-23-7-4-18-16(15-23)5-14-28-18)25-11-9-24(10-12-25)19(26)17-3-2-13-27-17/h5,14,17H,2-4,6-13,15H2,1H3,(H,21,22). The maximum absolute atomic E-state index is 12.5. The fourth-order valence-electron chi connectivity index (χ4n) is 4.27. The summed E-state index contributed by atoms with van der Waals surface area (Å²) in [6.45, 7) is 7.95. The van der Waals surface area contributed by atoms with Gasteiger partial charge in [0.05, 0.1) is 0 Å². The Labute approximate surface area is 171 Å². The molecule has 0 aromatic carbocycles. The van der Waals surface area contributed by atoms with Crippen LogP contribution in [0.5, 0.6) is 0 Å². The predicted molar refractivity (Wildman–Crippen MR) is 112 cm³/mol. The Morgan fingerprint density at radius 1 is 1.29 bits per heavy atom. The number of guanidine groups is 1. The van der Waals surface area contributed by atoms with Gasteiger partial charge in [0, 0.05) is 70.9 Å². The van der Waals surface area contributed by atoms with Gasteiger partial charge in [0.15, 0.2) is 5.96 Å². The van der Waals surface area contributed by atoms with E-state index in [-0.39, 0.29) is 12.0 Å². The Balaban J connectivity index is 1.19. The Kier molecular flexibility index (Phi) is 6.49. The van der Waals surface area contributed by atoms with E-state index in [9.17, 15) is 4.79 Å². The number of hydrogen-bond acceptors (Lipinski definition) is 5. The van der Waals surface area contributed by atoms with Crippen molar-refractivity contribution in [2.75, 3.05) is 59.5 Å². The lowest BCUT2D eigenvalue weighted by atomic mass is 10.1. The number of nitrogens with one attached hydrogen (secondary N) is 1. The van der Waals surface area contributed by atoms with E-state index in [1.807, 2.05) is 23.3 Å². The molecular weight excluding hydrogens is 374 g/mol. The third-order valence-electron chi connectivity index (χ3n) is 5.91. The molecule has 0 aliphatic carbocycles. The highest BCUT2D eigenvalue weighted by atomic mass is 32.1. The van der Waals surface area contributed by atoms with E-state index in [0.29, 0.717) is 0 Å². The van der Waals surface area contributed by atoms with Gasteiger partial charge in [0.1, 0.15) is 6.10 Å². The molecule has 0 radical (unpaired) electrons. The Hall–Kier alpha value is -1.64. The van der Waals surface area contributed by atoms with Gasteiger partial charge in [0.25, 0.3) is 5.91 Å². The van der Waals surface area contributed by atoms with Crippen molar-refractivity contribution in [1.29, 1.82) is 0 Å². The SMILES string of the molecule is CN=C(NCCN1CCc2sccc2C1)N1CCN(C(=O)C2CCCO2)CC1. The third kappa shape index (κ3) is 4.50. The molecule has 28 heavy (non-hydrogen) atoms. The number of rotatable bonds is 4. The first-order valence-electron chi connectivity index (χ1n) is 10.4. The molecule has 7 nitrogen and oxygen atoms in total. The van der Waals surface area contributed by atoms with E-state index in [0.717, 1.165) is 77.8 Å². The number of nitrogens with zero attached hydrogens (tertiary/aromatic N) is 4. The fraction of sp³-hybridized carbons (Fsp3) is 0.700. The smallest absolute Gasteiger partial charge is 0.251 e. The van der Waals surface area contributed by atoms with Crippen LogP contribution in [0.4, 0.5) is 0 Å². The van der Waals surface area contributed by atoms with Crippen LogP contribution in [-0.2, 0) is 22.5 Å². The minimum atomic E-state index is -0.211. The average molecular weight is 406 g/mol. The number of aliphatic imine (C=N–C) groups is 1. The summed E-state index contributed by atoms with van der Waals surface area (Å²) in [6.07, 6.45) is 2.82. The maximum atomic E-state index is 12.5. The molecule has 1 unspecified atom stereocenters. The van der Waals surface area contributed by atoms with Crippen LogP contribution < -0.4 is 5.32 Å². The van der Waals surface area contributed by atoms with Crippen LogP contribution in [-0.4, -0.2) is 92.1 Å². The van der Waals surface area contributed by atoms with Crippen molar-refractivity contribution < 1.29 is 9.53 Å². The van der Waals surface area contributed by atoms with Gasteiger partial charge in [-0.25, -0.2) is 0 Å². The van der Waals surface area contributed by atoms with Crippen LogP contribution in [0, 0.1) is 0 Å². The van der Waals surface area contributed by atoms with E-state index in [1.54, 1.807) is 4.88 Å². The van der Waals surface area contributed by atoms with Crippen molar-refractivity contribution in [2.45, 2.75) is 31.9 Å². The quantitative estimate of drug-likeness (QED) is 0.598. The topological polar surface area (TPSA) is 60.4 Å². The van der Waals surface area contributed by atoms with Gasteiger partial charge in [-0.15, -0.1) is 11.3 Å². The zero-order chi connectivity index (χ0) is 19.3. The number of piperazine rings is 1. The van der Waals surface area contributed by atoms with Crippen LogP contribution in [0.2, 0.25) is 0 Å². The molecule has 154 valence electrons. The number of hydrogen-bond donors (Lipinski definition) is 1. The summed E-state index contributed by atoms with van der Waals surface area (Å²) in [5, 5.41) is 5.72. The van der Waals surface area contributed by atoms with Crippen molar-refractivity contribution in [1.82, 2.24) is 20.0 Å². The summed E-state index contributed by atoms with van der Waals surface area (Å²) in [6, 6.07) is 2.26. The lowest BCUT2D eigenvalue weighted by Crippen LogP contribution is -2.55. The molecule has 2 fully saturated rings. The summed E-state index contributed by atoms with van der Waals surface area (Å²) in [5.41, 5.74) is 1.49. The minimum absolute atomic E-state index is 0.165. The molecule has 4 rings (SSSR count). The first-order valence-corrected chi connectivity index (χ1v) is 11.3. The normalized spacial score (nSPS) is 23.8. The largest absolute Gasteiger partial charge is 0.368 e. The van der Waals surface area contributed by atoms with Crippen molar-refractivity contribution >= 4 is 23.2 Å². The maximum Gasteiger partial charge on any atom is 0.251 e. The van der Waals surface area contributed by atoms with Gasteiger partial charge in [-0.3, -0.25) is 14.7 Å². The van der Waals surface area contributed by atoms with Crippen LogP contribution in [0.3, 0.4) is 0 Å². The molecule has 1 amide bonds.